The van der Waals surface area contributed by atoms with Crippen molar-refractivity contribution in [3.05, 3.63) is 17.0 Å². The third-order valence-electron chi connectivity index (χ3n) is 5.96. The number of aromatic nitrogens is 1. The Kier molecular flexibility index (Phi) is 2.92. The molecule has 1 aliphatic heterocycles. The van der Waals surface area contributed by atoms with Crippen LogP contribution in [-0.4, -0.2) is 28.6 Å². The number of likely N-dealkylation sites (tertiary alicyclic amines) is 1. The summed E-state index contributed by atoms with van der Waals surface area (Å²) in [6, 6.07) is 0.573. The summed E-state index contributed by atoms with van der Waals surface area (Å²) in [5.74, 6) is 2.00. The molecule has 2 aliphatic carbocycles. The zero-order valence-electron chi connectivity index (χ0n) is 13.0. The lowest BCUT2D eigenvalue weighted by atomic mass is 9.56. The van der Waals surface area contributed by atoms with Crippen LogP contribution in [0.3, 0.4) is 0 Å². The number of carbonyl (C=O) groups is 1. The first-order valence-electron chi connectivity index (χ1n) is 8.32. The first-order chi connectivity index (χ1) is 10.1. The maximum absolute atomic E-state index is 12.6. The van der Waals surface area contributed by atoms with Gasteiger partial charge < -0.3 is 9.42 Å². The van der Waals surface area contributed by atoms with Crippen LogP contribution in [0.15, 0.2) is 4.52 Å². The highest BCUT2D eigenvalue weighted by atomic mass is 16.5. The van der Waals surface area contributed by atoms with Gasteiger partial charge in [-0.25, -0.2) is 0 Å². The molecule has 1 aromatic heterocycles. The van der Waals surface area contributed by atoms with Crippen molar-refractivity contribution in [3.8, 4) is 0 Å². The summed E-state index contributed by atoms with van der Waals surface area (Å²) in [4.78, 5) is 14.8. The highest BCUT2D eigenvalue weighted by Gasteiger charge is 2.61. The first-order valence-corrected chi connectivity index (χ1v) is 8.32. The molecular formula is C17H24N2O2. The van der Waals surface area contributed by atoms with Crippen LogP contribution in [0.4, 0.5) is 0 Å². The summed E-state index contributed by atoms with van der Waals surface area (Å²) in [7, 11) is 0. The molecule has 1 spiro atoms. The van der Waals surface area contributed by atoms with Gasteiger partial charge in [-0.2, -0.15) is 0 Å². The van der Waals surface area contributed by atoms with E-state index in [1.807, 2.05) is 13.8 Å². The third kappa shape index (κ3) is 2.02. The number of amides is 1. The van der Waals surface area contributed by atoms with Gasteiger partial charge in [0.25, 0.3) is 0 Å². The van der Waals surface area contributed by atoms with E-state index < -0.39 is 0 Å². The molecule has 4 rings (SSSR count). The second kappa shape index (κ2) is 4.59. The molecule has 3 aliphatic rings. The maximum atomic E-state index is 12.6. The third-order valence-corrected chi connectivity index (χ3v) is 5.96. The average molecular weight is 288 g/mol. The molecule has 4 heteroatoms. The van der Waals surface area contributed by atoms with E-state index in [1.54, 1.807) is 0 Å². The van der Waals surface area contributed by atoms with Crippen molar-refractivity contribution in [3.63, 3.8) is 0 Å². The molecule has 2 saturated carbocycles. The second-order valence-corrected chi connectivity index (χ2v) is 7.32. The Labute approximate surface area is 125 Å². The van der Waals surface area contributed by atoms with E-state index in [2.05, 4.69) is 10.1 Å². The standard InChI is InChI=1S/C17H24N2O2/c1-11-14(12(2)21-18-11)6-7-15(20)19-10-17(8-3-9-17)16(19)13-4-5-13/h13,16H,3-10H2,1-2H3/t16-/m0/s1. The van der Waals surface area contributed by atoms with Crippen LogP contribution >= 0.6 is 0 Å². The molecule has 21 heavy (non-hydrogen) atoms. The van der Waals surface area contributed by atoms with E-state index in [0.29, 0.717) is 23.8 Å². The Morgan fingerprint density at radius 3 is 2.67 bits per heavy atom. The van der Waals surface area contributed by atoms with Crippen molar-refractivity contribution in [1.82, 2.24) is 10.1 Å². The van der Waals surface area contributed by atoms with Crippen LogP contribution in [-0.2, 0) is 11.2 Å². The Morgan fingerprint density at radius 2 is 2.14 bits per heavy atom. The minimum atomic E-state index is 0.337. The fourth-order valence-electron chi connectivity index (χ4n) is 4.48. The number of carbonyl (C=O) groups excluding carboxylic acids is 1. The van der Waals surface area contributed by atoms with Gasteiger partial charge in [0.15, 0.2) is 0 Å². The molecule has 3 fully saturated rings. The van der Waals surface area contributed by atoms with Crippen molar-refractivity contribution in [2.24, 2.45) is 11.3 Å². The highest BCUT2D eigenvalue weighted by molar-refractivity contribution is 5.78. The zero-order valence-corrected chi connectivity index (χ0v) is 13.0. The predicted octanol–water partition coefficient (Wildman–Crippen LogP) is 3.02. The van der Waals surface area contributed by atoms with E-state index in [4.69, 9.17) is 4.52 Å². The number of hydrogen-bond acceptors (Lipinski definition) is 3. The maximum Gasteiger partial charge on any atom is 0.223 e. The van der Waals surface area contributed by atoms with E-state index in [1.165, 1.54) is 32.1 Å². The molecule has 1 amide bonds. The molecule has 114 valence electrons. The van der Waals surface area contributed by atoms with Crippen molar-refractivity contribution in [1.29, 1.82) is 0 Å². The summed E-state index contributed by atoms with van der Waals surface area (Å²) < 4.78 is 5.18. The van der Waals surface area contributed by atoms with Gasteiger partial charge in [-0.3, -0.25) is 4.79 Å². The lowest BCUT2D eigenvalue weighted by Crippen LogP contribution is -2.69. The minimum Gasteiger partial charge on any atom is -0.361 e. The molecule has 0 radical (unpaired) electrons. The zero-order chi connectivity index (χ0) is 14.6. The summed E-state index contributed by atoms with van der Waals surface area (Å²) in [6.07, 6.45) is 8.09. The smallest absolute Gasteiger partial charge is 0.223 e. The summed E-state index contributed by atoms with van der Waals surface area (Å²) in [6.45, 7) is 4.91. The molecule has 2 heterocycles. The minimum absolute atomic E-state index is 0.337. The van der Waals surface area contributed by atoms with Crippen LogP contribution in [0.25, 0.3) is 0 Å². The fraction of sp³-hybridized carbons (Fsp3) is 0.765. The van der Waals surface area contributed by atoms with Crippen LogP contribution in [0, 0.1) is 25.2 Å². The lowest BCUT2D eigenvalue weighted by molar-refractivity contribution is -0.171. The summed E-state index contributed by atoms with van der Waals surface area (Å²) >= 11 is 0. The molecule has 0 N–H and O–H groups in total. The quantitative estimate of drug-likeness (QED) is 0.855. The molecule has 1 saturated heterocycles. The van der Waals surface area contributed by atoms with Crippen LogP contribution in [0.2, 0.25) is 0 Å². The van der Waals surface area contributed by atoms with E-state index in [0.717, 1.165) is 35.9 Å². The molecule has 4 nitrogen and oxygen atoms in total. The Balaban J connectivity index is 1.39. The van der Waals surface area contributed by atoms with Crippen molar-refractivity contribution >= 4 is 5.91 Å². The van der Waals surface area contributed by atoms with Gasteiger partial charge in [0.2, 0.25) is 5.91 Å². The van der Waals surface area contributed by atoms with E-state index in [9.17, 15) is 4.79 Å². The highest BCUT2D eigenvalue weighted by Crippen LogP contribution is 2.59. The fourth-order valence-corrected chi connectivity index (χ4v) is 4.48. The van der Waals surface area contributed by atoms with Gasteiger partial charge in [0, 0.05) is 30.0 Å². The van der Waals surface area contributed by atoms with Crippen molar-refractivity contribution in [2.75, 3.05) is 6.54 Å². The van der Waals surface area contributed by atoms with Crippen molar-refractivity contribution in [2.45, 2.75) is 64.8 Å². The lowest BCUT2D eigenvalue weighted by Gasteiger charge is -2.63. The summed E-state index contributed by atoms with van der Waals surface area (Å²) in [5, 5.41) is 3.97. The summed E-state index contributed by atoms with van der Waals surface area (Å²) in [5.41, 5.74) is 2.57. The van der Waals surface area contributed by atoms with Gasteiger partial charge in [-0.05, 0) is 51.9 Å². The number of nitrogens with zero attached hydrogens (tertiary/aromatic N) is 2. The van der Waals surface area contributed by atoms with Crippen LogP contribution in [0.1, 0.15) is 55.5 Å². The van der Waals surface area contributed by atoms with Gasteiger partial charge in [0.05, 0.1) is 5.69 Å². The molecule has 0 bridgehead atoms. The molecule has 0 unspecified atom stereocenters. The van der Waals surface area contributed by atoms with Crippen LogP contribution in [0.5, 0.6) is 0 Å². The average Bonchev–Trinajstić information content (AvgIpc) is 3.12. The molecule has 1 aromatic rings. The van der Waals surface area contributed by atoms with E-state index >= 15 is 0 Å². The van der Waals surface area contributed by atoms with Gasteiger partial charge >= 0.3 is 0 Å². The van der Waals surface area contributed by atoms with Gasteiger partial charge in [0.1, 0.15) is 5.76 Å². The monoisotopic (exact) mass is 288 g/mol. The number of aryl methyl sites for hydroxylation is 2. The van der Waals surface area contributed by atoms with Crippen LogP contribution < -0.4 is 0 Å². The molecule has 0 aromatic carbocycles. The van der Waals surface area contributed by atoms with Crippen molar-refractivity contribution < 1.29 is 9.32 Å². The Hall–Kier alpha value is -1.32. The largest absolute Gasteiger partial charge is 0.361 e. The second-order valence-electron chi connectivity index (χ2n) is 7.32. The van der Waals surface area contributed by atoms with Gasteiger partial charge in [-0.15, -0.1) is 0 Å². The molecule has 1 atom stereocenters. The first kappa shape index (κ1) is 13.4. The normalized spacial score (nSPS) is 26.6. The van der Waals surface area contributed by atoms with E-state index in [-0.39, 0.29) is 0 Å². The van der Waals surface area contributed by atoms with Gasteiger partial charge in [-0.1, -0.05) is 11.6 Å². The SMILES string of the molecule is Cc1noc(C)c1CCC(=O)N1CC2(CCC2)[C@@H]1C1CC1. The number of hydrogen-bond donors (Lipinski definition) is 0. The predicted molar refractivity (Wildman–Crippen MR) is 78.8 cm³/mol. The number of rotatable bonds is 4. The molecular weight excluding hydrogens is 264 g/mol. The topological polar surface area (TPSA) is 46.3 Å². The Morgan fingerprint density at radius 1 is 1.38 bits per heavy atom. The Bertz CT molecular complexity index is 550.